The van der Waals surface area contributed by atoms with Gasteiger partial charge in [0.15, 0.2) is 7.14 Å². The van der Waals surface area contributed by atoms with Crippen molar-refractivity contribution in [2.45, 2.75) is 12.3 Å². The van der Waals surface area contributed by atoms with E-state index in [1.165, 1.54) is 71.6 Å². The summed E-state index contributed by atoms with van der Waals surface area (Å²) >= 11 is 0. The second kappa shape index (κ2) is 15.3. The molecule has 276 valence electrons. The van der Waals surface area contributed by atoms with Crippen LogP contribution in [0.2, 0.25) is 0 Å². The van der Waals surface area contributed by atoms with Gasteiger partial charge in [0.25, 0.3) is 0 Å². The Morgan fingerprint density at radius 1 is 0.379 bits per heavy atom. The number of allylic oxidation sites excluding steroid dienone is 4. The normalized spacial score (nSPS) is 14.1. The fourth-order valence-electron chi connectivity index (χ4n) is 8.78. The predicted molar refractivity (Wildman–Crippen MR) is 248 cm³/mol. The topological polar surface area (TPSA) is 17.1 Å². The van der Waals surface area contributed by atoms with Crippen LogP contribution in [0.4, 0.5) is 0 Å². The molecule has 0 aromatic heterocycles. The number of benzene rings is 9. The molecule has 58 heavy (non-hydrogen) atoms. The van der Waals surface area contributed by atoms with Gasteiger partial charge < -0.3 is 4.57 Å². The SMILES string of the molecule is O=P(C1=CCC(c2ccc3c(-c4ccc(-c5ccccc5)cc4)c4ccccc4c(-c4ccc(-c5ccccc5)cc4)c3c2)C=C1)(c1ccccc1)c1ccccc1. The molecule has 9 aromatic rings. The average molecular weight is 761 g/mol. The third-order valence-electron chi connectivity index (χ3n) is 11.7. The molecular weight excluding hydrogens is 720 g/mol. The first-order valence-corrected chi connectivity index (χ1v) is 21.8. The van der Waals surface area contributed by atoms with E-state index in [0.717, 1.165) is 22.3 Å². The van der Waals surface area contributed by atoms with Crippen molar-refractivity contribution in [2.75, 3.05) is 0 Å². The monoisotopic (exact) mass is 760 g/mol. The van der Waals surface area contributed by atoms with Gasteiger partial charge in [-0.05, 0) is 84.1 Å². The zero-order valence-corrected chi connectivity index (χ0v) is 33.0. The molecule has 0 saturated carbocycles. The molecule has 1 nitrogen and oxygen atoms in total. The number of rotatable bonds is 8. The third kappa shape index (κ3) is 6.45. The Hall–Kier alpha value is -6.79. The van der Waals surface area contributed by atoms with E-state index in [0.29, 0.717) is 0 Å². The van der Waals surface area contributed by atoms with Gasteiger partial charge in [-0.1, -0.05) is 224 Å². The minimum absolute atomic E-state index is 0.140. The molecule has 1 aliphatic rings. The minimum Gasteiger partial charge on any atom is -0.309 e. The molecule has 1 atom stereocenters. The first kappa shape index (κ1) is 35.6. The van der Waals surface area contributed by atoms with Crippen LogP contribution < -0.4 is 10.6 Å². The zero-order valence-electron chi connectivity index (χ0n) is 32.1. The standard InChI is InChI=1S/C56H41OP/c57-58(48-19-9-3-10-20-48,49-21-11-4-12-22-49)50-36-33-44(34-37-50)47-35-38-53-54(39-47)56(46-31-27-43(28-32-46)41-17-7-2-8-18-41)52-24-14-13-23-51(52)55(53)45-29-25-42(26-30-45)40-15-5-1-6-16-40/h1-33,35-39,44H,34H2. The molecule has 0 aliphatic heterocycles. The third-order valence-corrected chi connectivity index (χ3v) is 14.8. The predicted octanol–water partition coefficient (Wildman–Crippen LogP) is 14.6. The van der Waals surface area contributed by atoms with E-state index in [4.69, 9.17) is 0 Å². The smallest absolute Gasteiger partial charge is 0.170 e. The Balaban J connectivity index is 1.11. The lowest BCUT2D eigenvalue weighted by atomic mass is 9.83. The van der Waals surface area contributed by atoms with Gasteiger partial charge in [0, 0.05) is 21.8 Å². The van der Waals surface area contributed by atoms with Crippen LogP contribution in [0.5, 0.6) is 0 Å². The van der Waals surface area contributed by atoms with Crippen molar-refractivity contribution >= 4 is 39.3 Å². The highest BCUT2D eigenvalue weighted by Crippen LogP contribution is 2.54. The quantitative estimate of drug-likeness (QED) is 0.111. The summed E-state index contributed by atoms with van der Waals surface area (Å²) in [6.07, 6.45) is 7.39. The second-order valence-electron chi connectivity index (χ2n) is 15.1. The van der Waals surface area contributed by atoms with Crippen LogP contribution in [0.3, 0.4) is 0 Å². The molecule has 0 N–H and O–H groups in total. The van der Waals surface area contributed by atoms with Gasteiger partial charge in [0.05, 0.1) is 0 Å². The Labute approximate surface area is 340 Å². The minimum atomic E-state index is -3.05. The lowest BCUT2D eigenvalue weighted by Crippen LogP contribution is -2.17. The second-order valence-corrected chi connectivity index (χ2v) is 17.9. The molecule has 2 heteroatoms. The first-order chi connectivity index (χ1) is 28.6. The van der Waals surface area contributed by atoms with Gasteiger partial charge in [-0.3, -0.25) is 0 Å². The van der Waals surface area contributed by atoms with E-state index in [2.05, 4.69) is 170 Å². The Morgan fingerprint density at radius 2 is 0.776 bits per heavy atom. The zero-order chi connectivity index (χ0) is 38.9. The summed E-state index contributed by atoms with van der Waals surface area (Å²) in [5.74, 6) is 0.140. The van der Waals surface area contributed by atoms with E-state index in [1.54, 1.807) is 0 Å². The largest absolute Gasteiger partial charge is 0.309 e. The Morgan fingerprint density at radius 3 is 1.24 bits per heavy atom. The lowest BCUT2D eigenvalue weighted by Gasteiger charge is -2.25. The Kier molecular flexibility index (Phi) is 9.38. The van der Waals surface area contributed by atoms with Crippen molar-refractivity contribution in [3.63, 3.8) is 0 Å². The molecular formula is C56H41OP. The van der Waals surface area contributed by atoms with Crippen molar-refractivity contribution in [1.29, 1.82) is 0 Å². The molecule has 0 fully saturated rings. The Bertz CT molecular complexity index is 2960. The maximum Gasteiger partial charge on any atom is 0.170 e. The van der Waals surface area contributed by atoms with Crippen LogP contribution in [-0.4, -0.2) is 0 Å². The average Bonchev–Trinajstić information content (AvgIpc) is 3.31. The van der Waals surface area contributed by atoms with Crippen molar-refractivity contribution in [3.05, 3.63) is 241 Å². The summed E-state index contributed by atoms with van der Waals surface area (Å²) in [4.78, 5) is 0. The molecule has 0 saturated heterocycles. The number of fused-ring (bicyclic) bond motifs is 2. The van der Waals surface area contributed by atoms with Gasteiger partial charge in [-0.2, -0.15) is 0 Å². The van der Waals surface area contributed by atoms with Crippen LogP contribution in [0.15, 0.2) is 236 Å². The fourth-order valence-corrected chi connectivity index (χ4v) is 11.5. The summed E-state index contributed by atoms with van der Waals surface area (Å²) in [6.45, 7) is 0. The molecule has 1 aliphatic carbocycles. The van der Waals surface area contributed by atoms with Gasteiger partial charge >= 0.3 is 0 Å². The molecule has 0 heterocycles. The summed E-state index contributed by atoms with van der Waals surface area (Å²) < 4.78 is 15.2. The first-order valence-electron chi connectivity index (χ1n) is 20.1. The number of hydrogen-bond acceptors (Lipinski definition) is 1. The highest BCUT2D eigenvalue weighted by atomic mass is 31.2. The molecule has 10 rings (SSSR count). The maximum atomic E-state index is 15.2. The van der Waals surface area contributed by atoms with Crippen molar-refractivity contribution in [3.8, 4) is 44.5 Å². The van der Waals surface area contributed by atoms with E-state index in [1.807, 2.05) is 60.7 Å². The van der Waals surface area contributed by atoms with Gasteiger partial charge in [-0.25, -0.2) is 0 Å². The molecule has 1 unspecified atom stereocenters. The van der Waals surface area contributed by atoms with Crippen LogP contribution in [0, 0.1) is 0 Å². The van der Waals surface area contributed by atoms with E-state index in [-0.39, 0.29) is 5.92 Å². The summed E-state index contributed by atoms with van der Waals surface area (Å²) in [5.41, 5.74) is 10.9. The van der Waals surface area contributed by atoms with Crippen molar-refractivity contribution in [2.24, 2.45) is 0 Å². The van der Waals surface area contributed by atoms with Crippen molar-refractivity contribution < 1.29 is 4.57 Å². The van der Waals surface area contributed by atoms with E-state index in [9.17, 15) is 0 Å². The highest BCUT2D eigenvalue weighted by molar-refractivity contribution is 7.82. The molecule has 9 aromatic carbocycles. The van der Waals surface area contributed by atoms with Crippen LogP contribution in [0.1, 0.15) is 17.9 Å². The molecule has 0 radical (unpaired) electrons. The maximum absolute atomic E-state index is 15.2. The number of hydrogen-bond donors (Lipinski definition) is 0. The fraction of sp³-hybridized carbons (Fsp3) is 0.0357. The van der Waals surface area contributed by atoms with Crippen LogP contribution in [0.25, 0.3) is 66.1 Å². The lowest BCUT2D eigenvalue weighted by molar-refractivity contribution is 0.590. The van der Waals surface area contributed by atoms with Gasteiger partial charge in [-0.15, -0.1) is 0 Å². The van der Waals surface area contributed by atoms with Crippen LogP contribution in [-0.2, 0) is 4.57 Å². The highest BCUT2D eigenvalue weighted by Gasteiger charge is 2.32. The van der Waals surface area contributed by atoms with Gasteiger partial charge in [0.2, 0.25) is 0 Å². The molecule has 0 bridgehead atoms. The van der Waals surface area contributed by atoms with E-state index >= 15 is 4.57 Å². The van der Waals surface area contributed by atoms with Gasteiger partial charge in [0.1, 0.15) is 0 Å². The molecule has 0 amide bonds. The van der Waals surface area contributed by atoms with Crippen LogP contribution >= 0.6 is 7.14 Å². The van der Waals surface area contributed by atoms with E-state index < -0.39 is 7.14 Å². The summed E-state index contributed by atoms with van der Waals surface area (Å²) in [7, 11) is -3.05. The molecule has 0 spiro atoms. The van der Waals surface area contributed by atoms with Crippen molar-refractivity contribution in [1.82, 2.24) is 0 Å². The summed E-state index contributed by atoms with van der Waals surface area (Å²) in [5, 5.41) is 7.54. The summed E-state index contributed by atoms with van der Waals surface area (Å²) in [6, 6.07) is 75.1.